The molecule has 0 bridgehead atoms. The highest BCUT2D eigenvalue weighted by Crippen LogP contribution is 2.23. The third kappa shape index (κ3) is 3.87. The van der Waals surface area contributed by atoms with Crippen molar-refractivity contribution in [1.29, 1.82) is 0 Å². The molecular weight excluding hydrogens is 282 g/mol. The van der Waals surface area contributed by atoms with E-state index in [1.54, 1.807) is 6.21 Å². The fourth-order valence-electron chi connectivity index (χ4n) is 1.67. The first-order valence-electron chi connectivity index (χ1n) is 6.40. The second kappa shape index (κ2) is 6.62. The lowest BCUT2D eigenvalue weighted by molar-refractivity contribution is 1.08. The maximum Gasteiger partial charge on any atom is 0.227 e. The van der Waals surface area contributed by atoms with Crippen molar-refractivity contribution >= 4 is 33.5 Å². The molecule has 3 aromatic rings. The first-order valence-corrected chi connectivity index (χ1v) is 7.21. The normalized spacial score (nSPS) is 10.7. The standard InChI is InChI=1S/C15H13N5S/c1-3-7-12(8-4-1)11-16-18-15-20-19-14(21-15)17-13-9-5-2-6-10-13/h1-11H,(H,17,19)(H,18,20)/b16-11+. The number of hydrogen-bond donors (Lipinski definition) is 2. The second-order valence-corrected chi connectivity index (χ2v) is 5.16. The summed E-state index contributed by atoms with van der Waals surface area (Å²) in [5.41, 5.74) is 4.88. The van der Waals surface area contributed by atoms with Gasteiger partial charge in [-0.2, -0.15) is 5.10 Å². The van der Waals surface area contributed by atoms with E-state index in [-0.39, 0.29) is 0 Å². The van der Waals surface area contributed by atoms with E-state index < -0.39 is 0 Å². The largest absolute Gasteiger partial charge is 0.330 e. The lowest BCUT2D eigenvalue weighted by Gasteiger charge is -1.99. The quantitative estimate of drug-likeness (QED) is 0.556. The number of hydrazone groups is 1. The molecule has 5 nitrogen and oxygen atoms in total. The first kappa shape index (κ1) is 13.3. The van der Waals surface area contributed by atoms with Crippen LogP contribution in [0.5, 0.6) is 0 Å². The zero-order valence-electron chi connectivity index (χ0n) is 11.1. The van der Waals surface area contributed by atoms with E-state index in [1.807, 2.05) is 60.7 Å². The highest BCUT2D eigenvalue weighted by atomic mass is 32.1. The fraction of sp³-hybridized carbons (Fsp3) is 0. The lowest BCUT2D eigenvalue weighted by atomic mass is 10.2. The van der Waals surface area contributed by atoms with Crippen LogP contribution in [0.2, 0.25) is 0 Å². The number of rotatable bonds is 5. The molecule has 0 spiro atoms. The maximum absolute atomic E-state index is 4.14. The van der Waals surface area contributed by atoms with E-state index in [2.05, 4.69) is 26.0 Å². The molecule has 0 radical (unpaired) electrons. The van der Waals surface area contributed by atoms with Crippen molar-refractivity contribution in [3.8, 4) is 0 Å². The van der Waals surface area contributed by atoms with Gasteiger partial charge >= 0.3 is 0 Å². The van der Waals surface area contributed by atoms with Crippen LogP contribution in [0.4, 0.5) is 16.0 Å². The summed E-state index contributed by atoms with van der Waals surface area (Å²) in [6, 6.07) is 19.7. The summed E-state index contributed by atoms with van der Waals surface area (Å²) >= 11 is 1.40. The number of nitrogens with one attached hydrogen (secondary N) is 2. The molecule has 104 valence electrons. The van der Waals surface area contributed by atoms with Gasteiger partial charge in [0.05, 0.1) is 6.21 Å². The van der Waals surface area contributed by atoms with Crippen molar-refractivity contribution in [3.63, 3.8) is 0 Å². The Morgan fingerprint density at radius 3 is 2.29 bits per heavy atom. The van der Waals surface area contributed by atoms with Crippen molar-refractivity contribution in [1.82, 2.24) is 10.2 Å². The van der Waals surface area contributed by atoms with Gasteiger partial charge in [0.15, 0.2) is 0 Å². The number of hydrogen-bond acceptors (Lipinski definition) is 6. The van der Waals surface area contributed by atoms with E-state index in [1.165, 1.54) is 11.3 Å². The Morgan fingerprint density at radius 2 is 1.52 bits per heavy atom. The monoisotopic (exact) mass is 295 g/mol. The van der Waals surface area contributed by atoms with Gasteiger partial charge < -0.3 is 5.32 Å². The molecule has 3 rings (SSSR count). The zero-order chi connectivity index (χ0) is 14.3. The van der Waals surface area contributed by atoms with Gasteiger partial charge in [0.25, 0.3) is 0 Å². The van der Waals surface area contributed by atoms with Crippen LogP contribution >= 0.6 is 11.3 Å². The van der Waals surface area contributed by atoms with E-state index in [9.17, 15) is 0 Å². The van der Waals surface area contributed by atoms with E-state index in [4.69, 9.17) is 0 Å². The average Bonchev–Trinajstić information content (AvgIpc) is 2.97. The van der Waals surface area contributed by atoms with E-state index in [0.29, 0.717) is 5.13 Å². The van der Waals surface area contributed by atoms with Crippen molar-refractivity contribution < 1.29 is 0 Å². The zero-order valence-corrected chi connectivity index (χ0v) is 11.9. The molecule has 1 heterocycles. The van der Waals surface area contributed by atoms with Crippen LogP contribution in [-0.4, -0.2) is 16.4 Å². The molecule has 6 heteroatoms. The van der Waals surface area contributed by atoms with Crippen LogP contribution in [0.1, 0.15) is 5.56 Å². The lowest BCUT2D eigenvalue weighted by Crippen LogP contribution is -1.89. The Kier molecular flexibility index (Phi) is 4.18. The van der Waals surface area contributed by atoms with Crippen molar-refractivity contribution in [2.24, 2.45) is 5.10 Å². The molecule has 0 unspecified atom stereocenters. The molecule has 0 atom stereocenters. The summed E-state index contributed by atoms with van der Waals surface area (Å²) in [5, 5.41) is 16.8. The van der Waals surface area contributed by atoms with Gasteiger partial charge in [-0.3, -0.25) is 5.43 Å². The van der Waals surface area contributed by atoms with Gasteiger partial charge in [0, 0.05) is 5.69 Å². The molecule has 2 aromatic carbocycles. The number of para-hydroxylation sites is 1. The van der Waals surface area contributed by atoms with Gasteiger partial charge in [-0.25, -0.2) is 0 Å². The van der Waals surface area contributed by atoms with Gasteiger partial charge in [-0.1, -0.05) is 59.9 Å². The minimum absolute atomic E-state index is 0.639. The van der Waals surface area contributed by atoms with Crippen LogP contribution in [0, 0.1) is 0 Å². The predicted molar refractivity (Wildman–Crippen MR) is 87.3 cm³/mol. The molecule has 0 saturated heterocycles. The topological polar surface area (TPSA) is 62.2 Å². The summed E-state index contributed by atoms with van der Waals surface area (Å²) in [6.45, 7) is 0. The second-order valence-electron chi connectivity index (χ2n) is 4.18. The molecule has 1 aromatic heterocycles. The molecule has 0 aliphatic heterocycles. The SMILES string of the molecule is C(=N\Nc1nnc(Nc2ccccc2)s1)/c1ccccc1. The molecule has 0 fully saturated rings. The highest BCUT2D eigenvalue weighted by molar-refractivity contribution is 7.19. The Hall–Kier alpha value is -2.73. The van der Waals surface area contributed by atoms with Crippen LogP contribution in [0.25, 0.3) is 0 Å². The molecule has 0 amide bonds. The van der Waals surface area contributed by atoms with Crippen molar-refractivity contribution in [3.05, 3.63) is 66.2 Å². The Bertz CT molecular complexity index is 709. The minimum atomic E-state index is 0.639. The summed E-state index contributed by atoms with van der Waals surface area (Å²) in [6.07, 6.45) is 1.74. The molecule has 2 N–H and O–H groups in total. The van der Waals surface area contributed by atoms with Crippen molar-refractivity contribution in [2.45, 2.75) is 0 Å². The van der Waals surface area contributed by atoms with Gasteiger partial charge in [-0.05, 0) is 17.7 Å². The third-order valence-corrected chi connectivity index (χ3v) is 3.37. The molecule has 0 aliphatic carbocycles. The fourth-order valence-corrected chi connectivity index (χ4v) is 2.28. The van der Waals surface area contributed by atoms with E-state index in [0.717, 1.165) is 16.4 Å². The number of benzene rings is 2. The van der Waals surface area contributed by atoms with Gasteiger partial charge in [0.2, 0.25) is 10.3 Å². The third-order valence-electron chi connectivity index (χ3n) is 2.62. The molecular formula is C15H13N5S. The average molecular weight is 295 g/mol. The van der Waals surface area contributed by atoms with Gasteiger partial charge in [-0.15, -0.1) is 10.2 Å². The van der Waals surface area contributed by atoms with Crippen LogP contribution in [-0.2, 0) is 0 Å². The van der Waals surface area contributed by atoms with Gasteiger partial charge in [0.1, 0.15) is 0 Å². The van der Waals surface area contributed by atoms with Crippen molar-refractivity contribution in [2.75, 3.05) is 10.7 Å². The molecule has 0 aliphatic rings. The molecule has 21 heavy (non-hydrogen) atoms. The van der Waals surface area contributed by atoms with E-state index >= 15 is 0 Å². The summed E-state index contributed by atoms with van der Waals surface area (Å²) in [4.78, 5) is 0. The number of anilines is 3. The van der Waals surface area contributed by atoms with Crippen LogP contribution < -0.4 is 10.7 Å². The van der Waals surface area contributed by atoms with Crippen LogP contribution in [0.15, 0.2) is 65.8 Å². The summed E-state index contributed by atoms with van der Waals surface area (Å²) < 4.78 is 0. The molecule has 0 saturated carbocycles. The first-order chi connectivity index (χ1) is 10.4. The predicted octanol–water partition coefficient (Wildman–Crippen LogP) is 3.73. The summed E-state index contributed by atoms with van der Waals surface area (Å²) in [5.74, 6) is 0. The maximum atomic E-state index is 4.14. The van der Waals surface area contributed by atoms with Crippen LogP contribution in [0.3, 0.4) is 0 Å². The Labute approximate surface area is 126 Å². The number of aromatic nitrogens is 2. The minimum Gasteiger partial charge on any atom is -0.330 e. The smallest absolute Gasteiger partial charge is 0.227 e. The highest BCUT2D eigenvalue weighted by Gasteiger charge is 2.02. The Morgan fingerprint density at radius 1 is 0.857 bits per heavy atom. The Balaban J connectivity index is 1.59. The summed E-state index contributed by atoms with van der Waals surface area (Å²) in [7, 11) is 0. The number of nitrogens with zero attached hydrogens (tertiary/aromatic N) is 3.